The van der Waals surface area contributed by atoms with Crippen molar-refractivity contribution in [1.29, 1.82) is 0 Å². The first kappa shape index (κ1) is 20.1. The predicted molar refractivity (Wildman–Crippen MR) is 106 cm³/mol. The topological polar surface area (TPSA) is 63.6 Å². The molecule has 1 saturated heterocycles. The van der Waals surface area contributed by atoms with Crippen molar-refractivity contribution in [1.82, 2.24) is 19.5 Å². The van der Waals surface area contributed by atoms with Crippen molar-refractivity contribution in [3.05, 3.63) is 41.9 Å². The van der Waals surface area contributed by atoms with Gasteiger partial charge >= 0.3 is 6.18 Å². The molecular formula is C22H23F3N4O2. The number of nitrogens with zero attached hydrogens (tertiary/aromatic N) is 4. The van der Waals surface area contributed by atoms with Crippen LogP contribution in [0.1, 0.15) is 55.2 Å². The quantitative estimate of drug-likeness (QED) is 0.569. The van der Waals surface area contributed by atoms with Gasteiger partial charge in [0.05, 0.1) is 6.26 Å². The van der Waals surface area contributed by atoms with Gasteiger partial charge in [-0.25, -0.2) is 9.50 Å². The van der Waals surface area contributed by atoms with Crippen molar-refractivity contribution in [3.8, 4) is 11.5 Å². The maximum Gasteiger partial charge on any atom is 0.433 e. The van der Waals surface area contributed by atoms with E-state index in [4.69, 9.17) is 4.42 Å². The fraction of sp³-hybridized carbons (Fsp3) is 0.500. The molecule has 3 aromatic rings. The van der Waals surface area contributed by atoms with Gasteiger partial charge in [0.25, 0.3) is 5.91 Å². The lowest BCUT2D eigenvalue weighted by atomic mass is 9.72. The smallest absolute Gasteiger partial charge is 0.433 e. The van der Waals surface area contributed by atoms with Crippen LogP contribution in [0.5, 0.6) is 0 Å². The lowest BCUT2D eigenvalue weighted by Gasteiger charge is -2.47. The number of amides is 1. The van der Waals surface area contributed by atoms with E-state index in [1.54, 1.807) is 12.1 Å². The molecule has 0 bridgehead atoms. The molecule has 164 valence electrons. The third-order valence-corrected chi connectivity index (χ3v) is 6.71. The molecule has 1 amide bonds. The van der Waals surface area contributed by atoms with Crippen molar-refractivity contribution in [2.45, 2.75) is 51.2 Å². The SMILES string of the molecule is C[C@@H]1CCN(C(=O)c2cc3nc(-c4ccco4)cc(C(F)(F)F)n3n2)[C@H]2CCCC[C@H]12. The highest BCUT2D eigenvalue weighted by molar-refractivity contribution is 5.93. The Kier molecular flexibility index (Phi) is 4.79. The molecule has 0 spiro atoms. The first-order valence-corrected chi connectivity index (χ1v) is 10.7. The first-order chi connectivity index (χ1) is 14.8. The standard InChI is InChI=1S/C22H23F3N4O2/c1-13-8-9-28(17-6-3-2-5-14(13)17)21(30)16-12-20-26-15(18-7-4-10-31-18)11-19(22(23,24)25)29(20)27-16/h4,7,10-14,17H,2-3,5-6,8-9H2,1H3/t13-,14-,17+/m1/s1. The van der Waals surface area contributed by atoms with Crippen molar-refractivity contribution in [2.24, 2.45) is 11.8 Å². The highest BCUT2D eigenvalue weighted by Crippen LogP contribution is 2.39. The summed E-state index contributed by atoms with van der Waals surface area (Å²) in [6, 6.07) is 5.49. The van der Waals surface area contributed by atoms with Gasteiger partial charge in [-0.15, -0.1) is 0 Å². The maximum atomic E-state index is 13.8. The molecule has 3 aromatic heterocycles. The zero-order valence-electron chi connectivity index (χ0n) is 17.1. The molecule has 1 aliphatic carbocycles. The summed E-state index contributed by atoms with van der Waals surface area (Å²) >= 11 is 0. The van der Waals surface area contributed by atoms with Crippen LogP contribution in [0.15, 0.2) is 34.9 Å². The molecule has 31 heavy (non-hydrogen) atoms. The summed E-state index contributed by atoms with van der Waals surface area (Å²) in [4.78, 5) is 19.4. The average molecular weight is 432 g/mol. The lowest BCUT2D eigenvalue weighted by Crippen LogP contribution is -2.52. The number of halogens is 3. The summed E-state index contributed by atoms with van der Waals surface area (Å²) in [5.74, 6) is 0.891. The van der Waals surface area contributed by atoms with Crippen molar-refractivity contribution in [3.63, 3.8) is 0 Å². The summed E-state index contributed by atoms with van der Waals surface area (Å²) in [5, 5.41) is 4.05. The molecule has 9 heteroatoms. The minimum Gasteiger partial charge on any atom is -0.463 e. The van der Waals surface area contributed by atoms with Crippen LogP contribution in [0.4, 0.5) is 13.2 Å². The number of furan rings is 1. The molecule has 4 heterocycles. The minimum absolute atomic E-state index is 0.00604. The number of hydrogen-bond acceptors (Lipinski definition) is 4. The highest BCUT2D eigenvalue weighted by Gasteiger charge is 2.41. The van der Waals surface area contributed by atoms with Gasteiger partial charge in [0.15, 0.2) is 22.8 Å². The number of fused-ring (bicyclic) bond motifs is 2. The summed E-state index contributed by atoms with van der Waals surface area (Å²) in [5.41, 5.74) is -0.989. The molecule has 3 atom stereocenters. The molecule has 0 unspecified atom stereocenters. The van der Waals surface area contributed by atoms with Gasteiger partial charge < -0.3 is 9.32 Å². The number of likely N-dealkylation sites (tertiary alicyclic amines) is 1. The molecule has 0 N–H and O–H groups in total. The molecule has 5 rings (SSSR count). The van der Waals surface area contributed by atoms with Crippen LogP contribution >= 0.6 is 0 Å². The van der Waals surface area contributed by atoms with Crippen molar-refractivity contribution >= 4 is 11.6 Å². The Labute approximate surface area is 177 Å². The second-order valence-electron chi connectivity index (χ2n) is 8.58. The van der Waals surface area contributed by atoms with E-state index in [1.165, 1.54) is 12.3 Å². The zero-order valence-corrected chi connectivity index (χ0v) is 17.1. The van der Waals surface area contributed by atoms with E-state index in [1.807, 2.05) is 4.90 Å². The highest BCUT2D eigenvalue weighted by atomic mass is 19.4. The Balaban J connectivity index is 1.55. The second kappa shape index (κ2) is 7.39. The fourth-order valence-electron chi connectivity index (χ4n) is 5.14. The third-order valence-electron chi connectivity index (χ3n) is 6.71. The van der Waals surface area contributed by atoms with Gasteiger partial charge in [-0.3, -0.25) is 4.79 Å². The van der Waals surface area contributed by atoms with E-state index in [2.05, 4.69) is 17.0 Å². The van der Waals surface area contributed by atoms with Crippen molar-refractivity contribution < 1.29 is 22.4 Å². The van der Waals surface area contributed by atoms with E-state index < -0.39 is 11.9 Å². The summed E-state index contributed by atoms with van der Waals surface area (Å²) in [6.45, 7) is 2.83. The number of carbonyl (C=O) groups is 1. The van der Waals surface area contributed by atoms with Crippen LogP contribution in [0.3, 0.4) is 0 Å². The Morgan fingerprint density at radius 3 is 2.74 bits per heavy atom. The molecule has 0 radical (unpaired) electrons. The van der Waals surface area contributed by atoms with E-state index in [0.717, 1.165) is 38.2 Å². The van der Waals surface area contributed by atoms with E-state index in [9.17, 15) is 18.0 Å². The van der Waals surface area contributed by atoms with Crippen LogP contribution in [-0.4, -0.2) is 38.0 Å². The number of hydrogen-bond donors (Lipinski definition) is 0. The summed E-state index contributed by atoms with van der Waals surface area (Å²) < 4.78 is 47.2. The largest absolute Gasteiger partial charge is 0.463 e. The maximum absolute atomic E-state index is 13.8. The Bertz CT molecular complexity index is 1110. The molecular weight excluding hydrogens is 409 g/mol. The molecule has 2 aliphatic rings. The van der Waals surface area contributed by atoms with Gasteiger partial charge in [0.1, 0.15) is 5.69 Å². The molecule has 1 saturated carbocycles. The molecule has 2 fully saturated rings. The minimum atomic E-state index is -4.66. The number of alkyl halides is 3. The number of aromatic nitrogens is 3. The van der Waals surface area contributed by atoms with Gasteiger partial charge in [0.2, 0.25) is 0 Å². The van der Waals surface area contributed by atoms with Crippen molar-refractivity contribution in [2.75, 3.05) is 6.54 Å². The summed E-state index contributed by atoms with van der Waals surface area (Å²) in [6.07, 6.45) is 1.86. The number of carbonyl (C=O) groups excluding carboxylic acids is 1. The van der Waals surface area contributed by atoms with Crippen LogP contribution < -0.4 is 0 Å². The van der Waals surface area contributed by atoms with Gasteiger partial charge in [-0.1, -0.05) is 19.8 Å². The van der Waals surface area contributed by atoms with Crippen LogP contribution in [0.25, 0.3) is 17.1 Å². The second-order valence-corrected chi connectivity index (χ2v) is 8.58. The van der Waals surface area contributed by atoms with Gasteiger partial charge in [-0.05, 0) is 49.3 Å². The third kappa shape index (κ3) is 3.49. The average Bonchev–Trinajstić information content (AvgIpc) is 3.42. The molecule has 6 nitrogen and oxygen atoms in total. The Morgan fingerprint density at radius 2 is 2.00 bits per heavy atom. The van der Waals surface area contributed by atoms with Crippen LogP contribution in [0, 0.1) is 11.8 Å². The number of piperidine rings is 1. The first-order valence-electron chi connectivity index (χ1n) is 10.7. The zero-order chi connectivity index (χ0) is 21.8. The fourth-order valence-corrected chi connectivity index (χ4v) is 5.14. The van der Waals surface area contributed by atoms with E-state index >= 15 is 0 Å². The lowest BCUT2D eigenvalue weighted by molar-refractivity contribution is -0.142. The monoisotopic (exact) mass is 432 g/mol. The Hall–Kier alpha value is -2.84. The number of rotatable bonds is 2. The Morgan fingerprint density at radius 1 is 1.19 bits per heavy atom. The van der Waals surface area contributed by atoms with E-state index in [-0.39, 0.29) is 34.7 Å². The molecule has 0 aromatic carbocycles. The van der Waals surface area contributed by atoms with Gasteiger partial charge in [0, 0.05) is 18.7 Å². The van der Waals surface area contributed by atoms with Crippen LogP contribution in [0.2, 0.25) is 0 Å². The normalized spacial score (nSPS) is 24.4. The van der Waals surface area contributed by atoms with Crippen LogP contribution in [-0.2, 0) is 6.18 Å². The molecule has 1 aliphatic heterocycles. The van der Waals surface area contributed by atoms with E-state index in [0.29, 0.717) is 22.9 Å². The summed E-state index contributed by atoms with van der Waals surface area (Å²) in [7, 11) is 0. The predicted octanol–water partition coefficient (Wildman–Crippen LogP) is 5.05. The van der Waals surface area contributed by atoms with Gasteiger partial charge in [-0.2, -0.15) is 18.3 Å².